The highest BCUT2D eigenvalue weighted by molar-refractivity contribution is 5.32. The fourth-order valence-corrected chi connectivity index (χ4v) is 5.42. The van der Waals surface area contributed by atoms with Crippen LogP contribution in [0.25, 0.3) is 0 Å². The Hall–Kier alpha value is -1.90. The maximum Gasteiger partial charge on any atom is 0.0552 e. The summed E-state index contributed by atoms with van der Waals surface area (Å²) in [4.78, 5) is 2.45. The lowest BCUT2D eigenvalue weighted by atomic mass is 9.75. The van der Waals surface area contributed by atoms with E-state index in [4.69, 9.17) is 5.73 Å². The predicted molar refractivity (Wildman–Crippen MR) is 143 cm³/mol. The average Bonchev–Trinajstić information content (AvgIpc) is 2.74. The smallest absolute Gasteiger partial charge is 0.0552 e. The van der Waals surface area contributed by atoms with E-state index in [-0.39, 0.29) is 5.41 Å². The predicted octanol–water partition coefficient (Wildman–Crippen LogP) is 7.27. The second kappa shape index (κ2) is 10.2. The molecular weight excluding hydrogens is 402 g/mol. The Bertz CT molecular complexity index is 828. The molecule has 0 aromatic heterocycles. The van der Waals surface area contributed by atoms with Crippen molar-refractivity contribution in [2.45, 2.75) is 99.6 Å². The second-order valence-corrected chi connectivity index (χ2v) is 12.8. The molecule has 0 aliphatic heterocycles. The standard InChI is InChI=1S/C30H49N3/c1-21-19-27(32-25-13-9-23(10-14-25)29(3,4)5)28(20-22(21)2)33(18-17-31)26-15-11-24(12-16-26)30(6,7)8/h9,11-13,15,17-18,21-23,25-26,32H,10,14,16,19-20,31H2,1-8H3/b18-17+/t21-,22+,23-,25+,26?/m1/s1. The highest BCUT2D eigenvalue weighted by Gasteiger charge is 2.32. The Kier molecular flexibility index (Phi) is 7.91. The first-order chi connectivity index (χ1) is 15.4. The van der Waals surface area contributed by atoms with Crippen molar-refractivity contribution in [2.75, 3.05) is 0 Å². The number of allylic oxidation sites excluding steroid dienone is 5. The lowest BCUT2D eigenvalue weighted by Gasteiger charge is -2.41. The fourth-order valence-electron chi connectivity index (χ4n) is 5.42. The molecular formula is C30H49N3. The molecule has 5 atom stereocenters. The van der Waals surface area contributed by atoms with Gasteiger partial charge < -0.3 is 16.0 Å². The van der Waals surface area contributed by atoms with Crippen LogP contribution >= 0.6 is 0 Å². The third kappa shape index (κ3) is 6.37. The quantitative estimate of drug-likeness (QED) is 0.432. The molecule has 1 unspecified atom stereocenters. The van der Waals surface area contributed by atoms with Gasteiger partial charge in [0, 0.05) is 29.8 Å². The first-order valence-electron chi connectivity index (χ1n) is 13.1. The molecule has 3 aliphatic carbocycles. The molecule has 0 bridgehead atoms. The van der Waals surface area contributed by atoms with Crippen LogP contribution in [0, 0.1) is 28.6 Å². The maximum atomic E-state index is 5.97. The Labute approximate surface area is 204 Å². The third-order valence-corrected chi connectivity index (χ3v) is 8.06. The topological polar surface area (TPSA) is 41.3 Å². The molecule has 0 aromatic rings. The molecule has 3 heteroatoms. The molecule has 0 amide bonds. The van der Waals surface area contributed by atoms with Crippen molar-refractivity contribution >= 4 is 0 Å². The molecule has 3 rings (SSSR count). The van der Waals surface area contributed by atoms with Gasteiger partial charge in [0.05, 0.1) is 6.04 Å². The minimum Gasteiger partial charge on any atom is -0.403 e. The van der Waals surface area contributed by atoms with Crippen LogP contribution in [0.15, 0.2) is 59.7 Å². The summed E-state index contributed by atoms with van der Waals surface area (Å²) < 4.78 is 0. The van der Waals surface area contributed by atoms with E-state index in [0.29, 0.717) is 35.3 Å². The molecule has 0 fully saturated rings. The molecule has 3 N–H and O–H groups in total. The van der Waals surface area contributed by atoms with E-state index in [1.807, 2.05) is 0 Å². The van der Waals surface area contributed by atoms with Gasteiger partial charge in [-0.25, -0.2) is 0 Å². The minimum absolute atomic E-state index is 0.189. The van der Waals surface area contributed by atoms with Gasteiger partial charge in [-0.1, -0.05) is 85.8 Å². The summed E-state index contributed by atoms with van der Waals surface area (Å²) in [5.74, 6) is 2.02. The van der Waals surface area contributed by atoms with Crippen molar-refractivity contribution < 1.29 is 0 Å². The van der Waals surface area contributed by atoms with E-state index in [1.165, 1.54) is 29.8 Å². The molecule has 0 saturated carbocycles. The van der Waals surface area contributed by atoms with Gasteiger partial charge in [0.15, 0.2) is 0 Å². The first kappa shape index (κ1) is 25.7. The van der Waals surface area contributed by atoms with Crippen molar-refractivity contribution in [2.24, 2.45) is 34.3 Å². The summed E-state index contributed by atoms with van der Waals surface area (Å²) in [6.07, 6.45) is 21.5. The highest BCUT2D eigenvalue weighted by atomic mass is 15.2. The monoisotopic (exact) mass is 451 g/mol. The average molecular weight is 452 g/mol. The van der Waals surface area contributed by atoms with Crippen LogP contribution in [-0.4, -0.2) is 17.0 Å². The number of nitrogens with zero attached hydrogens (tertiary/aromatic N) is 1. The zero-order chi connectivity index (χ0) is 24.4. The second-order valence-electron chi connectivity index (χ2n) is 12.8. The number of hydrogen-bond donors (Lipinski definition) is 2. The molecule has 0 aromatic carbocycles. The van der Waals surface area contributed by atoms with E-state index in [1.54, 1.807) is 6.20 Å². The van der Waals surface area contributed by atoms with Gasteiger partial charge in [-0.05, 0) is 66.3 Å². The molecule has 0 radical (unpaired) electrons. The molecule has 0 spiro atoms. The summed E-state index contributed by atoms with van der Waals surface area (Å²) in [7, 11) is 0. The lowest BCUT2D eigenvalue weighted by molar-refractivity contribution is 0.252. The fraction of sp³-hybridized carbons (Fsp3) is 0.667. The van der Waals surface area contributed by atoms with Crippen LogP contribution in [0.3, 0.4) is 0 Å². The van der Waals surface area contributed by atoms with Crippen molar-refractivity contribution in [3.8, 4) is 0 Å². The van der Waals surface area contributed by atoms with Crippen molar-refractivity contribution in [1.82, 2.24) is 10.2 Å². The SMILES string of the molecule is C[C@@H]1CC(N[C@H]2C=C[C@@H](C(C)(C)C)CC2)=C(N(/C=C/N)C2C=CC(C(C)(C)C)=CC2)C[C@@H]1C. The highest BCUT2D eigenvalue weighted by Crippen LogP contribution is 2.39. The summed E-state index contributed by atoms with van der Waals surface area (Å²) >= 11 is 0. The Morgan fingerprint density at radius 2 is 1.67 bits per heavy atom. The Morgan fingerprint density at radius 1 is 0.970 bits per heavy atom. The lowest BCUT2D eigenvalue weighted by Crippen LogP contribution is -2.40. The summed E-state index contributed by atoms with van der Waals surface area (Å²) in [6.45, 7) is 18.7. The third-order valence-electron chi connectivity index (χ3n) is 8.06. The largest absolute Gasteiger partial charge is 0.403 e. The van der Waals surface area contributed by atoms with E-state index in [2.05, 4.69) is 102 Å². The molecule has 0 saturated heterocycles. The summed E-state index contributed by atoms with van der Waals surface area (Å²) in [5.41, 5.74) is 10.8. The van der Waals surface area contributed by atoms with Crippen LogP contribution in [0.1, 0.15) is 87.5 Å². The maximum absolute atomic E-state index is 5.97. The first-order valence-corrected chi connectivity index (χ1v) is 13.1. The van der Waals surface area contributed by atoms with Crippen LogP contribution in [0.4, 0.5) is 0 Å². The molecule has 0 heterocycles. The summed E-state index contributed by atoms with van der Waals surface area (Å²) in [5, 5.41) is 3.98. The van der Waals surface area contributed by atoms with Crippen LogP contribution in [0.2, 0.25) is 0 Å². The van der Waals surface area contributed by atoms with E-state index in [0.717, 1.165) is 19.3 Å². The van der Waals surface area contributed by atoms with Gasteiger partial charge in [0.25, 0.3) is 0 Å². The minimum atomic E-state index is 0.189. The summed E-state index contributed by atoms with van der Waals surface area (Å²) in [6, 6.07) is 0.739. The van der Waals surface area contributed by atoms with E-state index in [9.17, 15) is 0 Å². The van der Waals surface area contributed by atoms with Gasteiger partial charge >= 0.3 is 0 Å². The number of hydrogen-bond acceptors (Lipinski definition) is 3. The van der Waals surface area contributed by atoms with E-state index < -0.39 is 0 Å². The van der Waals surface area contributed by atoms with E-state index >= 15 is 0 Å². The van der Waals surface area contributed by atoms with Crippen molar-refractivity contribution in [3.63, 3.8) is 0 Å². The molecule has 3 nitrogen and oxygen atoms in total. The molecule has 3 aliphatic rings. The van der Waals surface area contributed by atoms with Gasteiger partial charge in [0.1, 0.15) is 0 Å². The number of nitrogens with one attached hydrogen (secondary N) is 1. The zero-order valence-corrected chi connectivity index (χ0v) is 22.5. The van der Waals surface area contributed by atoms with Gasteiger partial charge in [-0.15, -0.1) is 0 Å². The van der Waals surface area contributed by atoms with Crippen LogP contribution in [-0.2, 0) is 0 Å². The molecule has 184 valence electrons. The van der Waals surface area contributed by atoms with Crippen molar-refractivity contribution in [3.05, 3.63) is 59.7 Å². The Morgan fingerprint density at radius 3 is 2.18 bits per heavy atom. The number of nitrogens with two attached hydrogens (primary N) is 1. The van der Waals surface area contributed by atoms with Crippen LogP contribution in [0.5, 0.6) is 0 Å². The number of rotatable bonds is 5. The van der Waals surface area contributed by atoms with Gasteiger partial charge in [-0.2, -0.15) is 0 Å². The van der Waals surface area contributed by atoms with Gasteiger partial charge in [-0.3, -0.25) is 0 Å². The van der Waals surface area contributed by atoms with Crippen LogP contribution < -0.4 is 11.1 Å². The normalized spacial score (nSPS) is 31.2. The van der Waals surface area contributed by atoms with Crippen molar-refractivity contribution in [1.29, 1.82) is 0 Å². The molecule has 33 heavy (non-hydrogen) atoms. The van der Waals surface area contributed by atoms with Gasteiger partial charge in [0.2, 0.25) is 0 Å². The Balaban J connectivity index is 1.86. The zero-order valence-electron chi connectivity index (χ0n) is 22.5.